The molecule has 2 rings (SSSR count). The molecule has 134 valence electrons. The van der Waals surface area contributed by atoms with Gasteiger partial charge in [0.15, 0.2) is 5.96 Å². The summed E-state index contributed by atoms with van der Waals surface area (Å²) in [6.07, 6.45) is 9.37. The Kier molecular flexibility index (Phi) is 9.90. The van der Waals surface area contributed by atoms with Crippen LogP contribution in [0.4, 0.5) is 0 Å². The minimum Gasteiger partial charge on any atom is -0.356 e. The third-order valence-corrected chi connectivity index (χ3v) is 4.81. The maximum Gasteiger partial charge on any atom is 0.224 e. The van der Waals surface area contributed by atoms with E-state index in [1.165, 1.54) is 38.5 Å². The predicted molar refractivity (Wildman–Crippen MR) is 106 cm³/mol. The fourth-order valence-electron chi connectivity index (χ4n) is 3.50. The summed E-state index contributed by atoms with van der Waals surface area (Å²) in [6.45, 7) is 4.75. The third kappa shape index (κ3) is 7.27. The lowest BCUT2D eigenvalue weighted by molar-refractivity contribution is -0.132. The van der Waals surface area contributed by atoms with E-state index in [1.807, 2.05) is 4.90 Å². The number of halogens is 1. The van der Waals surface area contributed by atoms with Crippen molar-refractivity contribution >= 4 is 35.8 Å². The molecular weight excluding hydrogens is 403 g/mol. The van der Waals surface area contributed by atoms with Crippen LogP contribution in [0.15, 0.2) is 4.99 Å². The number of amides is 1. The lowest BCUT2D eigenvalue weighted by Gasteiger charge is -2.31. The SMILES string of the molecule is CN=C(NCCC(=O)N1CCCC(C)C1)NC1CCCCC1.I. The van der Waals surface area contributed by atoms with Gasteiger partial charge >= 0.3 is 0 Å². The first-order chi connectivity index (χ1) is 10.7. The maximum absolute atomic E-state index is 12.2. The summed E-state index contributed by atoms with van der Waals surface area (Å²) >= 11 is 0. The Morgan fingerprint density at radius 1 is 1.17 bits per heavy atom. The van der Waals surface area contributed by atoms with E-state index in [9.17, 15) is 4.79 Å². The molecule has 2 aliphatic rings. The second-order valence-corrected chi connectivity index (χ2v) is 6.82. The summed E-state index contributed by atoms with van der Waals surface area (Å²) in [5, 5.41) is 6.77. The highest BCUT2D eigenvalue weighted by Crippen LogP contribution is 2.17. The molecule has 1 unspecified atom stereocenters. The number of rotatable bonds is 4. The highest BCUT2D eigenvalue weighted by atomic mass is 127. The van der Waals surface area contributed by atoms with E-state index in [1.54, 1.807) is 7.05 Å². The number of carbonyl (C=O) groups excluding carboxylic acids is 1. The van der Waals surface area contributed by atoms with Crippen molar-refractivity contribution in [2.24, 2.45) is 10.9 Å². The highest BCUT2D eigenvalue weighted by Gasteiger charge is 2.20. The Hall–Kier alpha value is -0.530. The van der Waals surface area contributed by atoms with Crippen LogP contribution >= 0.6 is 24.0 Å². The molecule has 0 bridgehead atoms. The number of piperidine rings is 1. The van der Waals surface area contributed by atoms with Gasteiger partial charge in [-0.05, 0) is 31.6 Å². The van der Waals surface area contributed by atoms with Crippen LogP contribution < -0.4 is 10.6 Å². The first-order valence-electron chi connectivity index (χ1n) is 8.94. The van der Waals surface area contributed by atoms with Crippen LogP contribution in [0.1, 0.15) is 58.3 Å². The molecule has 0 aromatic carbocycles. The average Bonchev–Trinajstić information content (AvgIpc) is 2.54. The van der Waals surface area contributed by atoms with Crippen LogP contribution in [0.25, 0.3) is 0 Å². The van der Waals surface area contributed by atoms with Crippen molar-refractivity contribution < 1.29 is 4.79 Å². The summed E-state index contributed by atoms with van der Waals surface area (Å²) in [6, 6.07) is 0.540. The number of hydrogen-bond donors (Lipinski definition) is 2. The van der Waals surface area contributed by atoms with Gasteiger partial charge in [-0.25, -0.2) is 0 Å². The molecular formula is C17H33IN4O. The molecule has 1 atom stereocenters. The normalized spacial score (nSPS) is 23.1. The van der Waals surface area contributed by atoms with Gasteiger partial charge < -0.3 is 15.5 Å². The molecule has 2 N–H and O–H groups in total. The van der Waals surface area contributed by atoms with Crippen molar-refractivity contribution in [3.8, 4) is 0 Å². The van der Waals surface area contributed by atoms with Crippen molar-refractivity contribution in [2.75, 3.05) is 26.7 Å². The Balaban J connectivity index is 0.00000264. The van der Waals surface area contributed by atoms with E-state index in [-0.39, 0.29) is 29.9 Å². The lowest BCUT2D eigenvalue weighted by Crippen LogP contribution is -2.45. The van der Waals surface area contributed by atoms with Crippen LogP contribution in [-0.4, -0.2) is 49.5 Å². The zero-order chi connectivity index (χ0) is 15.8. The number of nitrogens with one attached hydrogen (secondary N) is 2. The number of aliphatic imine (C=N–C) groups is 1. The number of guanidine groups is 1. The van der Waals surface area contributed by atoms with Crippen molar-refractivity contribution in [2.45, 2.75) is 64.3 Å². The predicted octanol–water partition coefficient (Wildman–Crippen LogP) is 2.75. The smallest absolute Gasteiger partial charge is 0.224 e. The van der Waals surface area contributed by atoms with E-state index in [2.05, 4.69) is 22.5 Å². The van der Waals surface area contributed by atoms with Crippen molar-refractivity contribution in [3.05, 3.63) is 0 Å². The van der Waals surface area contributed by atoms with E-state index in [0.29, 0.717) is 24.9 Å². The molecule has 2 fully saturated rings. The topological polar surface area (TPSA) is 56.7 Å². The average molecular weight is 436 g/mol. The van der Waals surface area contributed by atoms with E-state index in [0.717, 1.165) is 25.5 Å². The molecule has 23 heavy (non-hydrogen) atoms. The lowest BCUT2D eigenvalue weighted by atomic mass is 9.96. The van der Waals surface area contributed by atoms with Gasteiger partial charge in [-0.3, -0.25) is 9.79 Å². The molecule has 0 radical (unpaired) electrons. The Morgan fingerprint density at radius 3 is 2.57 bits per heavy atom. The summed E-state index contributed by atoms with van der Waals surface area (Å²) in [7, 11) is 1.80. The molecule has 1 saturated carbocycles. The number of likely N-dealkylation sites (tertiary alicyclic amines) is 1. The van der Waals surface area contributed by atoms with Crippen molar-refractivity contribution in [1.29, 1.82) is 0 Å². The highest BCUT2D eigenvalue weighted by molar-refractivity contribution is 14.0. The van der Waals surface area contributed by atoms with Crippen LogP contribution in [0.3, 0.4) is 0 Å². The largest absolute Gasteiger partial charge is 0.356 e. The number of carbonyl (C=O) groups is 1. The van der Waals surface area contributed by atoms with E-state index < -0.39 is 0 Å². The molecule has 1 amide bonds. The Labute approximate surface area is 158 Å². The molecule has 0 aromatic heterocycles. The summed E-state index contributed by atoms with van der Waals surface area (Å²) in [4.78, 5) is 18.5. The first-order valence-corrected chi connectivity index (χ1v) is 8.94. The molecule has 0 spiro atoms. The standard InChI is InChI=1S/C17H32N4O.HI/c1-14-7-6-12-21(13-14)16(22)10-11-19-17(18-2)20-15-8-4-3-5-9-15;/h14-15H,3-13H2,1-2H3,(H2,18,19,20);1H. The molecule has 1 heterocycles. The molecule has 1 aliphatic heterocycles. The third-order valence-electron chi connectivity index (χ3n) is 4.81. The minimum atomic E-state index is 0. The van der Waals surface area contributed by atoms with Crippen LogP contribution in [0.5, 0.6) is 0 Å². The monoisotopic (exact) mass is 436 g/mol. The Morgan fingerprint density at radius 2 is 1.91 bits per heavy atom. The van der Waals surface area contributed by atoms with Crippen LogP contribution in [0, 0.1) is 5.92 Å². The van der Waals surface area contributed by atoms with E-state index in [4.69, 9.17) is 0 Å². The zero-order valence-corrected chi connectivity index (χ0v) is 17.0. The van der Waals surface area contributed by atoms with Crippen LogP contribution in [0.2, 0.25) is 0 Å². The molecule has 0 aromatic rings. The summed E-state index contributed by atoms with van der Waals surface area (Å²) in [5.41, 5.74) is 0. The quantitative estimate of drug-likeness (QED) is 0.405. The Bertz CT molecular complexity index is 383. The van der Waals surface area contributed by atoms with Crippen LogP contribution in [-0.2, 0) is 4.79 Å². The summed E-state index contributed by atoms with van der Waals surface area (Å²) < 4.78 is 0. The van der Waals surface area contributed by atoms with Gasteiger partial charge in [0.1, 0.15) is 0 Å². The van der Waals surface area contributed by atoms with Gasteiger partial charge in [0, 0.05) is 39.1 Å². The van der Waals surface area contributed by atoms with Gasteiger partial charge in [0.25, 0.3) is 0 Å². The molecule has 5 nitrogen and oxygen atoms in total. The van der Waals surface area contributed by atoms with Gasteiger partial charge in [-0.2, -0.15) is 0 Å². The zero-order valence-electron chi connectivity index (χ0n) is 14.6. The van der Waals surface area contributed by atoms with E-state index >= 15 is 0 Å². The fourth-order valence-corrected chi connectivity index (χ4v) is 3.50. The second-order valence-electron chi connectivity index (χ2n) is 6.82. The number of nitrogens with zero attached hydrogens (tertiary/aromatic N) is 2. The van der Waals surface area contributed by atoms with Gasteiger partial charge in [0.05, 0.1) is 0 Å². The van der Waals surface area contributed by atoms with Gasteiger partial charge in [0.2, 0.25) is 5.91 Å². The number of hydrogen-bond acceptors (Lipinski definition) is 2. The fraction of sp³-hybridized carbons (Fsp3) is 0.882. The molecule has 1 saturated heterocycles. The first kappa shape index (κ1) is 20.5. The van der Waals surface area contributed by atoms with Gasteiger partial charge in [-0.15, -0.1) is 24.0 Å². The molecule has 1 aliphatic carbocycles. The maximum atomic E-state index is 12.2. The minimum absolute atomic E-state index is 0. The second kappa shape index (κ2) is 11.1. The summed E-state index contributed by atoms with van der Waals surface area (Å²) in [5.74, 6) is 1.75. The van der Waals surface area contributed by atoms with Gasteiger partial charge in [-0.1, -0.05) is 26.2 Å². The molecule has 6 heteroatoms. The van der Waals surface area contributed by atoms with Crippen molar-refractivity contribution in [1.82, 2.24) is 15.5 Å². The van der Waals surface area contributed by atoms with Crippen molar-refractivity contribution in [3.63, 3.8) is 0 Å².